The smallest absolute Gasteiger partial charge is 0.120 e. The third-order valence-electron chi connectivity index (χ3n) is 1.18. The Labute approximate surface area is 55.3 Å². The average Bonchev–Trinajstić information content (AvgIpc) is 2.34. The van der Waals surface area contributed by atoms with Crippen LogP contribution in [0.25, 0.3) is 0 Å². The fourth-order valence-electron chi connectivity index (χ4n) is 0.728. The molecule has 1 heterocycles. The van der Waals surface area contributed by atoms with Crippen molar-refractivity contribution >= 4 is 0 Å². The van der Waals surface area contributed by atoms with Crippen molar-refractivity contribution in [1.82, 2.24) is 0 Å². The molecule has 0 fully saturated rings. The number of hydrogen-bond acceptors (Lipinski definition) is 1. The van der Waals surface area contributed by atoms with E-state index in [-0.39, 0.29) is 6.10 Å². The Morgan fingerprint density at radius 2 is 2.56 bits per heavy atom. The molecule has 0 aromatic carbocycles. The summed E-state index contributed by atoms with van der Waals surface area (Å²) in [5.74, 6) is 0. The predicted octanol–water partition coefficient (Wildman–Crippen LogP) is 2.03. The van der Waals surface area contributed by atoms with E-state index < -0.39 is 0 Å². The standard InChI is InChI=1S/C8H10O/c1-2-3-5-8-6-4-7-9-8/h2-5,7-8H,1,6H2. The lowest BCUT2D eigenvalue weighted by molar-refractivity contribution is 0.214. The Bertz CT molecular complexity index is 137. The maximum Gasteiger partial charge on any atom is 0.120 e. The second kappa shape index (κ2) is 3.13. The van der Waals surface area contributed by atoms with E-state index >= 15 is 0 Å². The molecule has 0 saturated carbocycles. The van der Waals surface area contributed by atoms with Crippen LogP contribution in [0.4, 0.5) is 0 Å². The zero-order valence-electron chi connectivity index (χ0n) is 5.29. The van der Waals surface area contributed by atoms with E-state index in [1.807, 2.05) is 18.2 Å². The van der Waals surface area contributed by atoms with Crippen LogP contribution in [-0.4, -0.2) is 6.10 Å². The maximum absolute atomic E-state index is 5.14. The van der Waals surface area contributed by atoms with E-state index in [2.05, 4.69) is 6.58 Å². The minimum atomic E-state index is 0.253. The number of allylic oxidation sites excluding steroid dienone is 2. The van der Waals surface area contributed by atoms with Crippen LogP contribution >= 0.6 is 0 Å². The SMILES string of the molecule is C=CC=CC1CC=CO1. The van der Waals surface area contributed by atoms with Crippen molar-refractivity contribution in [2.45, 2.75) is 12.5 Å². The highest BCUT2D eigenvalue weighted by atomic mass is 16.5. The Morgan fingerprint density at radius 1 is 1.67 bits per heavy atom. The number of rotatable bonds is 2. The maximum atomic E-state index is 5.14. The molecule has 0 aromatic heterocycles. The molecule has 0 amide bonds. The molecule has 1 unspecified atom stereocenters. The first-order chi connectivity index (χ1) is 4.43. The van der Waals surface area contributed by atoms with E-state index in [0.717, 1.165) is 6.42 Å². The summed E-state index contributed by atoms with van der Waals surface area (Å²) in [6.45, 7) is 3.56. The molecule has 1 aliphatic rings. The fraction of sp³-hybridized carbons (Fsp3) is 0.250. The summed E-state index contributed by atoms with van der Waals surface area (Å²) < 4.78 is 5.14. The first kappa shape index (κ1) is 6.14. The highest BCUT2D eigenvalue weighted by Gasteiger charge is 2.04. The molecule has 0 aromatic rings. The lowest BCUT2D eigenvalue weighted by Crippen LogP contribution is -1.97. The second-order valence-electron chi connectivity index (χ2n) is 1.90. The van der Waals surface area contributed by atoms with Crippen LogP contribution in [0.15, 0.2) is 37.1 Å². The van der Waals surface area contributed by atoms with Gasteiger partial charge in [-0.25, -0.2) is 0 Å². The van der Waals surface area contributed by atoms with Crippen LogP contribution in [-0.2, 0) is 4.74 Å². The van der Waals surface area contributed by atoms with E-state index in [1.165, 1.54) is 0 Å². The quantitative estimate of drug-likeness (QED) is 0.509. The molecule has 0 N–H and O–H groups in total. The normalized spacial score (nSPS) is 24.7. The Morgan fingerprint density at radius 3 is 3.11 bits per heavy atom. The fourth-order valence-corrected chi connectivity index (χ4v) is 0.728. The van der Waals surface area contributed by atoms with Crippen LogP contribution in [0.2, 0.25) is 0 Å². The predicted molar refractivity (Wildman–Crippen MR) is 38.0 cm³/mol. The van der Waals surface area contributed by atoms with Gasteiger partial charge in [0.2, 0.25) is 0 Å². The van der Waals surface area contributed by atoms with Crippen LogP contribution in [0.1, 0.15) is 6.42 Å². The van der Waals surface area contributed by atoms with Crippen molar-refractivity contribution < 1.29 is 4.74 Å². The van der Waals surface area contributed by atoms with Crippen LogP contribution in [0.5, 0.6) is 0 Å². The van der Waals surface area contributed by atoms with Crippen molar-refractivity contribution in [2.24, 2.45) is 0 Å². The summed E-state index contributed by atoms with van der Waals surface area (Å²) >= 11 is 0. The minimum Gasteiger partial charge on any atom is -0.494 e. The second-order valence-corrected chi connectivity index (χ2v) is 1.90. The third-order valence-corrected chi connectivity index (χ3v) is 1.18. The lowest BCUT2D eigenvalue weighted by atomic mass is 10.2. The summed E-state index contributed by atoms with van der Waals surface area (Å²) in [5, 5.41) is 0. The molecule has 0 bridgehead atoms. The first-order valence-electron chi connectivity index (χ1n) is 3.03. The molecule has 1 aliphatic heterocycles. The van der Waals surface area contributed by atoms with Crippen molar-refractivity contribution in [3.8, 4) is 0 Å². The Kier molecular flexibility index (Phi) is 2.13. The topological polar surface area (TPSA) is 9.23 Å². The molecule has 0 aliphatic carbocycles. The van der Waals surface area contributed by atoms with Gasteiger partial charge in [-0.2, -0.15) is 0 Å². The summed E-state index contributed by atoms with van der Waals surface area (Å²) in [5.41, 5.74) is 0. The third kappa shape index (κ3) is 1.76. The number of ether oxygens (including phenoxy) is 1. The van der Waals surface area contributed by atoms with Gasteiger partial charge in [0.1, 0.15) is 6.10 Å². The van der Waals surface area contributed by atoms with Gasteiger partial charge in [0.15, 0.2) is 0 Å². The lowest BCUT2D eigenvalue weighted by Gasteiger charge is -2.00. The summed E-state index contributed by atoms with van der Waals surface area (Å²) in [7, 11) is 0. The van der Waals surface area contributed by atoms with E-state index in [4.69, 9.17) is 4.74 Å². The summed E-state index contributed by atoms with van der Waals surface area (Å²) in [6, 6.07) is 0. The molecule has 48 valence electrons. The summed E-state index contributed by atoms with van der Waals surface area (Å²) in [4.78, 5) is 0. The first-order valence-corrected chi connectivity index (χ1v) is 3.03. The molecule has 1 atom stereocenters. The molecule has 9 heavy (non-hydrogen) atoms. The molecule has 0 spiro atoms. The van der Waals surface area contributed by atoms with Gasteiger partial charge < -0.3 is 4.74 Å². The Balaban J connectivity index is 2.29. The zero-order chi connectivity index (χ0) is 6.53. The number of hydrogen-bond donors (Lipinski definition) is 0. The van der Waals surface area contributed by atoms with Gasteiger partial charge in [-0.05, 0) is 12.2 Å². The molecule has 0 saturated heterocycles. The summed E-state index contributed by atoms with van der Waals surface area (Å²) in [6.07, 6.45) is 10.6. The largest absolute Gasteiger partial charge is 0.494 e. The molecule has 0 radical (unpaired) electrons. The van der Waals surface area contributed by atoms with Gasteiger partial charge in [-0.3, -0.25) is 0 Å². The van der Waals surface area contributed by atoms with Crippen LogP contribution < -0.4 is 0 Å². The van der Waals surface area contributed by atoms with E-state index in [0.29, 0.717) is 0 Å². The van der Waals surface area contributed by atoms with Crippen LogP contribution in [0, 0.1) is 0 Å². The highest BCUT2D eigenvalue weighted by molar-refractivity contribution is 5.05. The van der Waals surface area contributed by atoms with Crippen molar-refractivity contribution in [3.05, 3.63) is 37.1 Å². The Hall–Kier alpha value is -0.980. The van der Waals surface area contributed by atoms with Gasteiger partial charge in [0, 0.05) is 6.42 Å². The molecular formula is C8H10O. The molecular weight excluding hydrogens is 112 g/mol. The van der Waals surface area contributed by atoms with Gasteiger partial charge in [-0.15, -0.1) is 0 Å². The van der Waals surface area contributed by atoms with Crippen molar-refractivity contribution in [2.75, 3.05) is 0 Å². The minimum absolute atomic E-state index is 0.253. The van der Waals surface area contributed by atoms with Crippen molar-refractivity contribution in [3.63, 3.8) is 0 Å². The van der Waals surface area contributed by atoms with Crippen LogP contribution in [0.3, 0.4) is 0 Å². The molecule has 1 nitrogen and oxygen atoms in total. The highest BCUT2D eigenvalue weighted by Crippen LogP contribution is 2.09. The van der Waals surface area contributed by atoms with E-state index in [9.17, 15) is 0 Å². The van der Waals surface area contributed by atoms with Gasteiger partial charge in [0.05, 0.1) is 6.26 Å². The van der Waals surface area contributed by atoms with Gasteiger partial charge in [-0.1, -0.05) is 18.7 Å². The van der Waals surface area contributed by atoms with Crippen molar-refractivity contribution in [1.29, 1.82) is 0 Å². The molecule has 1 heteroatoms. The van der Waals surface area contributed by atoms with E-state index in [1.54, 1.807) is 12.3 Å². The van der Waals surface area contributed by atoms with Gasteiger partial charge in [0.25, 0.3) is 0 Å². The zero-order valence-corrected chi connectivity index (χ0v) is 5.29. The molecule has 1 rings (SSSR count). The average molecular weight is 122 g/mol. The van der Waals surface area contributed by atoms with Gasteiger partial charge >= 0.3 is 0 Å². The monoisotopic (exact) mass is 122 g/mol.